The highest BCUT2D eigenvalue weighted by Crippen LogP contribution is 2.26. The van der Waals surface area contributed by atoms with Crippen LogP contribution in [0.15, 0.2) is 0 Å². The van der Waals surface area contributed by atoms with Crippen molar-refractivity contribution in [1.82, 2.24) is 10.2 Å². The van der Waals surface area contributed by atoms with E-state index in [1.54, 1.807) is 0 Å². The highest BCUT2D eigenvalue weighted by Gasteiger charge is 2.17. The molecular weight excluding hydrogens is 224 g/mol. The van der Waals surface area contributed by atoms with E-state index in [1.165, 1.54) is 43.4 Å². The molecule has 1 aromatic rings. The first kappa shape index (κ1) is 11.3. The topological polar surface area (TPSA) is 80.9 Å². The molecule has 3 N–H and O–H groups in total. The maximum absolute atomic E-state index is 11.7. The average molecular weight is 244 g/mol. The van der Waals surface area contributed by atoms with Crippen molar-refractivity contribution in [2.24, 2.45) is 5.92 Å². The first-order valence-electron chi connectivity index (χ1n) is 5.63. The van der Waals surface area contributed by atoms with Crippen molar-refractivity contribution in [2.75, 3.05) is 11.1 Å². The van der Waals surface area contributed by atoms with Crippen LogP contribution in [0.3, 0.4) is 0 Å². The Hall–Kier alpha value is -1.17. The summed E-state index contributed by atoms with van der Waals surface area (Å²) in [6.07, 6.45) is 6.76. The lowest BCUT2D eigenvalue weighted by Gasteiger charge is -2.20. The number of carbonyl (C=O) groups is 1. The number of amides is 1. The zero-order valence-corrected chi connectivity index (χ0v) is 9.92. The van der Waals surface area contributed by atoms with Gasteiger partial charge in [0.25, 0.3) is 0 Å². The zero-order chi connectivity index (χ0) is 11.4. The van der Waals surface area contributed by atoms with Crippen molar-refractivity contribution in [2.45, 2.75) is 38.5 Å². The van der Waals surface area contributed by atoms with Gasteiger partial charge in [-0.1, -0.05) is 30.6 Å². The van der Waals surface area contributed by atoms with Gasteiger partial charge in [-0.05, 0) is 18.8 Å². The molecule has 0 saturated heterocycles. The molecule has 16 heavy (non-hydrogen) atoms. The number of anilines is 2. The van der Waals surface area contributed by atoms with Gasteiger partial charge in [-0.25, -0.2) is 0 Å². The van der Waals surface area contributed by atoms with Crippen molar-refractivity contribution in [3.8, 4) is 0 Å². The highest BCUT2D eigenvalue weighted by molar-refractivity contribution is 7.18. The normalized spacial score (nSPS) is 17.2. The van der Waals surface area contributed by atoms with E-state index < -0.39 is 0 Å². The van der Waals surface area contributed by atoms with Crippen molar-refractivity contribution >= 4 is 27.5 Å². The van der Waals surface area contributed by atoms with Gasteiger partial charge in [0.15, 0.2) is 0 Å². The standard InChI is InChI=1S/C10H16N4OS.2H2/c11-9-13-14-10(16-9)12-8(15)6-7-4-2-1-3-5-7;;/h7H,1-6H2,(H2,11,13)(H,12,14,15);2*1H. The molecule has 1 amide bonds. The first-order valence-corrected chi connectivity index (χ1v) is 6.44. The molecule has 1 aliphatic carbocycles. The first-order chi connectivity index (χ1) is 7.74. The average Bonchev–Trinajstić information content (AvgIpc) is 2.65. The minimum Gasteiger partial charge on any atom is -0.374 e. The molecule has 0 aliphatic heterocycles. The van der Waals surface area contributed by atoms with E-state index in [0.29, 0.717) is 22.6 Å². The maximum Gasteiger partial charge on any atom is 0.226 e. The second kappa shape index (κ2) is 5.25. The van der Waals surface area contributed by atoms with E-state index in [4.69, 9.17) is 5.73 Å². The van der Waals surface area contributed by atoms with Crippen LogP contribution in [0.1, 0.15) is 41.4 Å². The van der Waals surface area contributed by atoms with E-state index in [2.05, 4.69) is 15.5 Å². The molecule has 0 bridgehead atoms. The van der Waals surface area contributed by atoms with Gasteiger partial charge in [0.2, 0.25) is 16.2 Å². The second-order valence-electron chi connectivity index (χ2n) is 4.20. The van der Waals surface area contributed by atoms with Crippen LogP contribution in [0.4, 0.5) is 10.3 Å². The summed E-state index contributed by atoms with van der Waals surface area (Å²) in [5.74, 6) is 0.571. The molecule has 1 aliphatic rings. The summed E-state index contributed by atoms with van der Waals surface area (Å²) in [5.41, 5.74) is 5.43. The lowest BCUT2D eigenvalue weighted by Crippen LogP contribution is -2.18. The van der Waals surface area contributed by atoms with Gasteiger partial charge in [0.1, 0.15) is 0 Å². The van der Waals surface area contributed by atoms with Crippen molar-refractivity contribution in [1.29, 1.82) is 0 Å². The van der Waals surface area contributed by atoms with Crippen LogP contribution < -0.4 is 11.1 Å². The number of hydrogen-bond donors (Lipinski definition) is 2. The minimum absolute atomic E-state index is 0. The number of nitrogen functional groups attached to an aromatic ring is 1. The predicted octanol–water partition coefficient (Wildman–Crippen LogP) is 2.52. The Balaban J connectivity index is 0.00000144. The smallest absolute Gasteiger partial charge is 0.226 e. The van der Waals surface area contributed by atoms with Crippen LogP contribution >= 0.6 is 11.3 Å². The Labute approximate surface area is 101 Å². The molecule has 0 spiro atoms. The fraction of sp³-hybridized carbons (Fsp3) is 0.700. The van der Waals surface area contributed by atoms with E-state index in [0.717, 1.165) is 0 Å². The van der Waals surface area contributed by atoms with Gasteiger partial charge in [-0.15, -0.1) is 10.2 Å². The summed E-state index contributed by atoms with van der Waals surface area (Å²) >= 11 is 1.20. The zero-order valence-electron chi connectivity index (χ0n) is 9.11. The largest absolute Gasteiger partial charge is 0.374 e. The quantitative estimate of drug-likeness (QED) is 0.856. The van der Waals surface area contributed by atoms with E-state index in [1.807, 2.05) is 0 Å². The Bertz CT molecular complexity index is 369. The number of nitrogens with one attached hydrogen (secondary N) is 1. The van der Waals surface area contributed by atoms with Crippen molar-refractivity contribution in [3.05, 3.63) is 0 Å². The van der Waals surface area contributed by atoms with Gasteiger partial charge >= 0.3 is 0 Å². The van der Waals surface area contributed by atoms with E-state index in [-0.39, 0.29) is 8.76 Å². The molecule has 0 radical (unpaired) electrons. The van der Waals surface area contributed by atoms with Crippen molar-refractivity contribution in [3.63, 3.8) is 0 Å². The van der Waals surface area contributed by atoms with Crippen LogP contribution in [0, 0.1) is 5.92 Å². The Morgan fingerprint density at radius 2 is 2.19 bits per heavy atom. The number of aromatic nitrogens is 2. The summed E-state index contributed by atoms with van der Waals surface area (Å²) in [6, 6.07) is 0. The lowest BCUT2D eigenvalue weighted by atomic mass is 9.87. The molecule has 5 nitrogen and oxygen atoms in total. The van der Waals surface area contributed by atoms with E-state index in [9.17, 15) is 4.79 Å². The molecule has 2 rings (SSSR count). The van der Waals surface area contributed by atoms with Gasteiger partial charge in [0, 0.05) is 9.27 Å². The van der Waals surface area contributed by atoms with Crippen LogP contribution in [0.25, 0.3) is 0 Å². The third-order valence-corrected chi connectivity index (χ3v) is 3.55. The van der Waals surface area contributed by atoms with Crippen molar-refractivity contribution < 1.29 is 7.65 Å². The molecule has 1 aromatic heterocycles. The number of hydrogen-bond acceptors (Lipinski definition) is 5. The highest BCUT2D eigenvalue weighted by atomic mass is 32.1. The molecule has 1 saturated carbocycles. The second-order valence-corrected chi connectivity index (χ2v) is 5.21. The lowest BCUT2D eigenvalue weighted by molar-refractivity contribution is -0.117. The maximum atomic E-state index is 11.7. The van der Waals surface area contributed by atoms with Crippen LogP contribution in [-0.4, -0.2) is 16.1 Å². The summed E-state index contributed by atoms with van der Waals surface area (Å²) in [4.78, 5) is 11.7. The molecule has 6 heteroatoms. The Morgan fingerprint density at radius 3 is 2.81 bits per heavy atom. The molecule has 92 valence electrons. The molecule has 1 fully saturated rings. The number of carbonyl (C=O) groups excluding carboxylic acids is 1. The third kappa shape index (κ3) is 3.16. The monoisotopic (exact) mass is 244 g/mol. The molecular formula is C10H20N4OS. The van der Waals surface area contributed by atoms with Crippen LogP contribution in [0.2, 0.25) is 0 Å². The number of nitrogens with zero attached hydrogens (tertiary/aromatic N) is 2. The fourth-order valence-corrected chi connectivity index (χ4v) is 2.64. The SMILES string of the molecule is Nc1nnc(NC(=O)CC2CCCCC2)s1.[HH].[HH]. The van der Waals surface area contributed by atoms with Gasteiger partial charge < -0.3 is 11.1 Å². The molecule has 1 heterocycles. The summed E-state index contributed by atoms with van der Waals surface area (Å²) in [6.45, 7) is 0. The summed E-state index contributed by atoms with van der Waals surface area (Å²) < 4.78 is 0. The summed E-state index contributed by atoms with van der Waals surface area (Å²) in [5, 5.41) is 11.0. The summed E-state index contributed by atoms with van der Waals surface area (Å²) in [7, 11) is 0. The van der Waals surface area contributed by atoms with E-state index >= 15 is 0 Å². The van der Waals surface area contributed by atoms with Gasteiger partial charge in [0.05, 0.1) is 0 Å². The Morgan fingerprint density at radius 1 is 1.44 bits per heavy atom. The minimum atomic E-state index is 0. The predicted molar refractivity (Wildman–Crippen MR) is 68.4 cm³/mol. The van der Waals surface area contributed by atoms with Gasteiger partial charge in [-0.2, -0.15) is 0 Å². The molecule has 0 unspecified atom stereocenters. The number of rotatable bonds is 3. The van der Waals surface area contributed by atoms with Gasteiger partial charge in [-0.3, -0.25) is 4.79 Å². The van der Waals surface area contributed by atoms with Crippen LogP contribution in [0.5, 0.6) is 0 Å². The molecule has 0 aromatic carbocycles. The molecule has 0 atom stereocenters. The fourth-order valence-electron chi connectivity index (χ4n) is 2.11. The Kier molecular flexibility index (Phi) is 3.71. The third-order valence-electron chi connectivity index (χ3n) is 2.89. The van der Waals surface area contributed by atoms with Crippen LogP contribution in [-0.2, 0) is 4.79 Å². The number of nitrogens with two attached hydrogens (primary N) is 1.